The van der Waals surface area contributed by atoms with Gasteiger partial charge in [0.05, 0.1) is 36.3 Å². The monoisotopic (exact) mass is 505 g/mol. The van der Waals surface area contributed by atoms with Crippen molar-refractivity contribution in [1.29, 1.82) is 0 Å². The van der Waals surface area contributed by atoms with Crippen molar-refractivity contribution in [3.63, 3.8) is 0 Å². The number of carbonyl (C=O) groups excluding carboxylic acids is 2. The average molecular weight is 506 g/mol. The van der Waals surface area contributed by atoms with E-state index >= 15 is 0 Å². The second-order valence-corrected chi connectivity index (χ2v) is 11.0. The summed E-state index contributed by atoms with van der Waals surface area (Å²) >= 11 is 1.35. The van der Waals surface area contributed by atoms with Crippen LogP contribution in [0, 0.1) is 17.3 Å². The lowest BCUT2D eigenvalue weighted by Crippen LogP contribution is -2.45. The molecule has 0 radical (unpaired) electrons. The van der Waals surface area contributed by atoms with Crippen molar-refractivity contribution < 1.29 is 29.6 Å². The second-order valence-electron chi connectivity index (χ2n) is 10.1. The minimum Gasteiger partial charge on any atom is -0.457 e. The summed E-state index contributed by atoms with van der Waals surface area (Å²) in [5.41, 5.74) is 1.20. The molecule has 8 heteroatoms. The Bertz CT molecular complexity index is 976. The summed E-state index contributed by atoms with van der Waals surface area (Å²) in [4.78, 5) is 30.3. The minimum absolute atomic E-state index is 0.134. The van der Waals surface area contributed by atoms with Crippen molar-refractivity contribution >= 4 is 29.2 Å². The molecule has 0 fully saturated rings. The Morgan fingerprint density at radius 3 is 2.57 bits per heavy atom. The van der Waals surface area contributed by atoms with Gasteiger partial charge in [-0.3, -0.25) is 9.59 Å². The molecule has 3 N–H and O–H groups in total. The number of thiazole rings is 1. The van der Waals surface area contributed by atoms with Crippen molar-refractivity contribution in [1.82, 2.24) is 4.98 Å². The van der Waals surface area contributed by atoms with Crippen LogP contribution in [0.5, 0.6) is 0 Å². The number of ether oxygens (including phenoxy) is 1. The maximum atomic E-state index is 13.2. The molecule has 0 aromatic carbocycles. The first-order valence-electron chi connectivity index (χ1n) is 12.0. The summed E-state index contributed by atoms with van der Waals surface area (Å²) in [6, 6.07) is 0. The van der Waals surface area contributed by atoms with Crippen LogP contribution in [0.15, 0.2) is 34.8 Å². The predicted octanol–water partition coefficient (Wildman–Crippen LogP) is 4.23. The fourth-order valence-electron chi connectivity index (χ4n) is 4.10. The van der Waals surface area contributed by atoms with Crippen molar-refractivity contribution in [2.75, 3.05) is 0 Å². The molecular weight excluding hydrogens is 466 g/mol. The van der Waals surface area contributed by atoms with Gasteiger partial charge in [-0.05, 0) is 37.8 Å². The Labute approximate surface area is 212 Å². The van der Waals surface area contributed by atoms with E-state index in [1.165, 1.54) is 11.3 Å². The number of esters is 1. The van der Waals surface area contributed by atoms with E-state index in [2.05, 4.69) is 4.98 Å². The first-order chi connectivity index (χ1) is 16.4. The number of allylic oxidation sites excluding steroid dienone is 3. The van der Waals surface area contributed by atoms with Gasteiger partial charge < -0.3 is 20.1 Å². The molecule has 35 heavy (non-hydrogen) atoms. The Morgan fingerprint density at radius 2 is 1.94 bits per heavy atom. The number of ketones is 1. The van der Waals surface area contributed by atoms with E-state index in [1.807, 2.05) is 50.5 Å². The molecule has 1 aliphatic heterocycles. The van der Waals surface area contributed by atoms with Crippen LogP contribution >= 0.6 is 11.3 Å². The minimum atomic E-state index is -1.26. The number of aliphatic hydroxyl groups is 3. The first-order valence-corrected chi connectivity index (χ1v) is 12.9. The van der Waals surface area contributed by atoms with E-state index in [9.17, 15) is 24.9 Å². The van der Waals surface area contributed by atoms with E-state index in [0.717, 1.165) is 11.1 Å². The number of Topliss-reactive ketones (excluding diaryl/α,β-unsaturated/α-hetero) is 1. The summed E-state index contributed by atoms with van der Waals surface area (Å²) in [6.45, 7) is 10.4. The van der Waals surface area contributed by atoms with Crippen molar-refractivity contribution in [2.45, 2.75) is 85.7 Å². The van der Waals surface area contributed by atoms with E-state index in [4.69, 9.17) is 4.74 Å². The molecule has 1 unspecified atom stereocenters. The summed E-state index contributed by atoms with van der Waals surface area (Å²) in [5.74, 6) is -1.74. The van der Waals surface area contributed by atoms with Gasteiger partial charge in [-0.2, -0.15) is 0 Å². The normalized spacial score (nSPS) is 32.0. The zero-order chi connectivity index (χ0) is 26.3. The highest BCUT2D eigenvalue weighted by Crippen LogP contribution is 2.32. The van der Waals surface area contributed by atoms with Gasteiger partial charge in [0.2, 0.25) is 0 Å². The molecule has 0 bridgehead atoms. The quantitative estimate of drug-likeness (QED) is 0.527. The zero-order valence-electron chi connectivity index (χ0n) is 21.5. The van der Waals surface area contributed by atoms with Gasteiger partial charge in [0.25, 0.3) is 0 Å². The number of aromatic nitrogens is 1. The van der Waals surface area contributed by atoms with E-state index < -0.39 is 35.6 Å². The van der Waals surface area contributed by atoms with Crippen LogP contribution in [-0.4, -0.2) is 50.4 Å². The summed E-state index contributed by atoms with van der Waals surface area (Å²) in [6.07, 6.45) is 5.71. The van der Waals surface area contributed by atoms with Crippen molar-refractivity contribution in [2.24, 2.45) is 17.3 Å². The highest BCUT2D eigenvalue weighted by molar-refractivity contribution is 7.09. The smallest absolute Gasteiger partial charge is 0.309 e. The number of nitrogens with zero attached hydrogens (tertiary/aromatic N) is 1. The highest BCUT2D eigenvalue weighted by atomic mass is 32.1. The molecule has 0 saturated carbocycles. The van der Waals surface area contributed by atoms with Crippen molar-refractivity contribution in [3.05, 3.63) is 45.5 Å². The fraction of sp³-hybridized carbons (Fsp3) is 0.593. The maximum absolute atomic E-state index is 13.2. The molecule has 2 rings (SSSR count). The molecule has 7 nitrogen and oxygen atoms in total. The number of rotatable bonds is 3. The van der Waals surface area contributed by atoms with Gasteiger partial charge in [0.15, 0.2) is 0 Å². The van der Waals surface area contributed by atoms with E-state index in [1.54, 1.807) is 20.8 Å². The third kappa shape index (κ3) is 7.93. The molecule has 1 aromatic rings. The van der Waals surface area contributed by atoms with Gasteiger partial charge in [0, 0.05) is 17.7 Å². The third-order valence-electron chi connectivity index (χ3n) is 6.74. The number of hydrogen-bond acceptors (Lipinski definition) is 8. The summed E-state index contributed by atoms with van der Waals surface area (Å²) in [7, 11) is 0. The topological polar surface area (TPSA) is 117 Å². The second kappa shape index (κ2) is 12.7. The number of carbonyl (C=O) groups is 2. The van der Waals surface area contributed by atoms with Crippen LogP contribution in [0.1, 0.15) is 71.5 Å². The molecule has 1 aromatic heterocycles. The SMILES string of the molecule is CC1=C/CC(/C(C)=C/c2csc(CO)n2)OC(=O)C[C@H](O)C(C)(C)C(=O)[C@H](C)[C@@H](O)[C@@H](C)C\C=C\1. The number of hydrogen-bond donors (Lipinski definition) is 3. The molecule has 0 aliphatic carbocycles. The molecule has 2 heterocycles. The first kappa shape index (κ1) is 29.1. The lowest BCUT2D eigenvalue weighted by molar-refractivity contribution is -0.154. The Balaban J connectivity index is 2.37. The van der Waals surface area contributed by atoms with Crippen LogP contribution in [-0.2, 0) is 20.9 Å². The Hall–Kier alpha value is -2.13. The maximum Gasteiger partial charge on any atom is 0.309 e. The van der Waals surface area contributed by atoms with Crippen LogP contribution < -0.4 is 0 Å². The number of cyclic esters (lactones) is 1. The van der Waals surface area contributed by atoms with Crippen molar-refractivity contribution in [3.8, 4) is 0 Å². The van der Waals surface area contributed by atoms with Crippen LogP contribution in [0.2, 0.25) is 0 Å². The lowest BCUT2D eigenvalue weighted by Gasteiger charge is -2.34. The van der Waals surface area contributed by atoms with Gasteiger partial charge in [-0.1, -0.05) is 51.5 Å². The van der Waals surface area contributed by atoms with E-state index in [0.29, 0.717) is 23.5 Å². The Kier molecular flexibility index (Phi) is 10.6. The largest absolute Gasteiger partial charge is 0.457 e. The van der Waals surface area contributed by atoms with Gasteiger partial charge in [-0.25, -0.2) is 4.98 Å². The summed E-state index contributed by atoms with van der Waals surface area (Å²) < 4.78 is 5.76. The lowest BCUT2D eigenvalue weighted by atomic mass is 9.73. The third-order valence-corrected chi connectivity index (χ3v) is 7.59. The van der Waals surface area contributed by atoms with Crippen LogP contribution in [0.4, 0.5) is 0 Å². The van der Waals surface area contributed by atoms with Gasteiger partial charge in [0.1, 0.15) is 16.9 Å². The highest BCUT2D eigenvalue weighted by Gasteiger charge is 2.42. The molecule has 0 amide bonds. The fourth-order valence-corrected chi connectivity index (χ4v) is 4.72. The van der Waals surface area contributed by atoms with Crippen LogP contribution in [0.25, 0.3) is 6.08 Å². The molecule has 194 valence electrons. The predicted molar refractivity (Wildman–Crippen MR) is 137 cm³/mol. The molecule has 1 aliphatic rings. The molecule has 0 saturated heterocycles. The van der Waals surface area contributed by atoms with Crippen LogP contribution in [0.3, 0.4) is 0 Å². The van der Waals surface area contributed by atoms with Gasteiger partial charge in [-0.15, -0.1) is 11.3 Å². The molecule has 5 atom stereocenters. The standard InChI is InChI=1S/C27H39NO6S/c1-16-8-7-9-17(2)25(32)19(4)26(33)27(5,6)22(30)13-24(31)34-21(11-10-16)18(3)12-20-15-35-23(14-29)28-20/h7-8,10,12,15,17,19,21-22,25,29-30,32H,9,11,13-14H2,1-6H3/b8-7+,16-10-,18-12+/t17-,19+,21?,22-,25-/m0/s1. The average Bonchev–Trinajstić information content (AvgIpc) is 3.26. The molecule has 0 spiro atoms. The number of aliphatic hydroxyl groups excluding tert-OH is 3. The van der Waals surface area contributed by atoms with Gasteiger partial charge >= 0.3 is 5.97 Å². The molecular formula is C27H39NO6S. The zero-order valence-corrected chi connectivity index (χ0v) is 22.3. The van der Waals surface area contributed by atoms with E-state index in [-0.39, 0.29) is 24.7 Å². The Morgan fingerprint density at radius 1 is 1.26 bits per heavy atom. The summed E-state index contributed by atoms with van der Waals surface area (Å²) in [5, 5.41) is 33.2.